The molecule has 0 amide bonds. The van der Waals surface area contributed by atoms with Crippen molar-refractivity contribution in [2.45, 2.75) is 31.9 Å². The summed E-state index contributed by atoms with van der Waals surface area (Å²) in [7, 11) is 0. The van der Waals surface area contributed by atoms with Gasteiger partial charge in [0.05, 0.1) is 6.10 Å². The molecule has 2 rings (SSSR count). The molecule has 0 aromatic heterocycles. The van der Waals surface area contributed by atoms with Gasteiger partial charge in [0.1, 0.15) is 0 Å². The van der Waals surface area contributed by atoms with Crippen LogP contribution < -0.4 is 0 Å². The zero-order valence-corrected chi connectivity index (χ0v) is 10.3. The van der Waals surface area contributed by atoms with Gasteiger partial charge in [0, 0.05) is 24.2 Å². The van der Waals surface area contributed by atoms with Gasteiger partial charge in [0.2, 0.25) is 0 Å². The number of hydrogen-bond donors (Lipinski definition) is 1. The molecule has 3 heteroatoms. The highest BCUT2D eigenvalue weighted by atomic mass is 35.5. The molecule has 0 saturated carbocycles. The molecule has 0 radical (unpaired) electrons. The van der Waals surface area contributed by atoms with Gasteiger partial charge in [-0.15, -0.1) is 0 Å². The van der Waals surface area contributed by atoms with Gasteiger partial charge >= 0.3 is 0 Å². The van der Waals surface area contributed by atoms with E-state index < -0.39 is 0 Å². The maximum Gasteiger partial charge on any atom is 0.0564 e. The Kier molecular flexibility index (Phi) is 3.85. The molecular formula is C13H18ClNO. The molecule has 0 unspecified atom stereocenters. The molecule has 1 aliphatic rings. The van der Waals surface area contributed by atoms with E-state index in [9.17, 15) is 5.11 Å². The third-order valence-electron chi connectivity index (χ3n) is 3.38. The van der Waals surface area contributed by atoms with Gasteiger partial charge in [-0.2, -0.15) is 0 Å². The molecule has 1 saturated heterocycles. The van der Waals surface area contributed by atoms with Crippen molar-refractivity contribution in [3.05, 3.63) is 34.9 Å². The minimum absolute atomic E-state index is 0.109. The van der Waals surface area contributed by atoms with Crippen molar-refractivity contribution < 1.29 is 5.11 Å². The van der Waals surface area contributed by atoms with E-state index in [0.29, 0.717) is 6.04 Å². The molecule has 1 fully saturated rings. The van der Waals surface area contributed by atoms with Crippen molar-refractivity contribution >= 4 is 11.6 Å². The lowest BCUT2D eigenvalue weighted by Gasteiger charge is -2.34. The number of benzene rings is 1. The summed E-state index contributed by atoms with van der Waals surface area (Å²) in [5.41, 5.74) is 1.25. The summed E-state index contributed by atoms with van der Waals surface area (Å²) in [6.45, 7) is 4.13. The number of rotatable bonds is 2. The molecule has 2 nitrogen and oxygen atoms in total. The van der Waals surface area contributed by atoms with Crippen LogP contribution in [0, 0.1) is 0 Å². The average Bonchev–Trinajstić information content (AvgIpc) is 2.29. The van der Waals surface area contributed by atoms with Crippen LogP contribution in [0.4, 0.5) is 0 Å². The summed E-state index contributed by atoms with van der Waals surface area (Å²) in [6, 6.07) is 8.41. The number of halogens is 1. The smallest absolute Gasteiger partial charge is 0.0564 e. The van der Waals surface area contributed by atoms with Crippen molar-refractivity contribution in [1.29, 1.82) is 0 Å². The fourth-order valence-electron chi connectivity index (χ4n) is 2.25. The lowest BCUT2D eigenvalue weighted by Crippen LogP contribution is -2.37. The number of piperidine rings is 1. The minimum Gasteiger partial charge on any atom is -0.393 e. The Bertz CT molecular complexity index is 348. The Morgan fingerprint density at radius 1 is 1.38 bits per heavy atom. The highest BCUT2D eigenvalue weighted by Crippen LogP contribution is 2.25. The van der Waals surface area contributed by atoms with Crippen LogP contribution in [-0.4, -0.2) is 29.2 Å². The quantitative estimate of drug-likeness (QED) is 0.858. The Labute approximate surface area is 102 Å². The summed E-state index contributed by atoms with van der Waals surface area (Å²) in [5.74, 6) is 0. The Morgan fingerprint density at radius 3 is 2.69 bits per heavy atom. The molecule has 1 aromatic carbocycles. The molecule has 0 aliphatic carbocycles. The van der Waals surface area contributed by atoms with E-state index >= 15 is 0 Å². The van der Waals surface area contributed by atoms with Crippen LogP contribution in [0.3, 0.4) is 0 Å². The number of hydrogen-bond acceptors (Lipinski definition) is 2. The van der Waals surface area contributed by atoms with Crippen molar-refractivity contribution in [2.24, 2.45) is 0 Å². The predicted molar refractivity (Wildman–Crippen MR) is 66.7 cm³/mol. The van der Waals surface area contributed by atoms with E-state index in [1.807, 2.05) is 18.2 Å². The van der Waals surface area contributed by atoms with Crippen LogP contribution >= 0.6 is 11.6 Å². The molecular weight excluding hydrogens is 222 g/mol. The van der Waals surface area contributed by atoms with Crippen molar-refractivity contribution in [1.82, 2.24) is 4.90 Å². The van der Waals surface area contributed by atoms with Gasteiger partial charge in [-0.1, -0.05) is 23.7 Å². The maximum atomic E-state index is 9.48. The normalized spacial score (nSPS) is 20.9. The number of aliphatic hydroxyl groups excluding tert-OH is 1. The lowest BCUT2D eigenvalue weighted by atomic mass is 10.0. The molecule has 0 spiro atoms. The first-order valence-electron chi connectivity index (χ1n) is 5.84. The topological polar surface area (TPSA) is 23.5 Å². The van der Waals surface area contributed by atoms with Crippen molar-refractivity contribution in [3.8, 4) is 0 Å². The zero-order valence-electron chi connectivity index (χ0n) is 9.56. The van der Waals surface area contributed by atoms with Gasteiger partial charge in [-0.3, -0.25) is 4.90 Å². The second kappa shape index (κ2) is 5.17. The molecule has 1 N–H and O–H groups in total. The van der Waals surface area contributed by atoms with E-state index in [4.69, 9.17) is 11.6 Å². The van der Waals surface area contributed by atoms with Crippen LogP contribution in [0.2, 0.25) is 5.02 Å². The standard InChI is InChI=1S/C13H18ClNO/c1-10(11-3-2-4-12(14)9-11)15-7-5-13(16)6-8-15/h2-4,9-10,13,16H,5-8H2,1H3/t10-/m1/s1. The summed E-state index contributed by atoms with van der Waals surface area (Å²) in [4.78, 5) is 2.40. The SMILES string of the molecule is C[C@H](c1cccc(Cl)c1)N1CCC(O)CC1. The van der Waals surface area contributed by atoms with Crippen LogP contribution in [0.5, 0.6) is 0 Å². The van der Waals surface area contributed by atoms with Crippen molar-refractivity contribution in [2.75, 3.05) is 13.1 Å². The third-order valence-corrected chi connectivity index (χ3v) is 3.61. The fourth-order valence-corrected chi connectivity index (χ4v) is 2.45. The average molecular weight is 240 g/mol. The van der Waals surface area contributed by atoms with E-state index in [-0.39, 0.29) is 6.10 Å². The van der Waals surface area contributed by atoms with Crippen molar-refractivity contribution in [3.63, 3.8) is 0 Å². The highest BCUT2D eigenvalue weighted by molar-refractivity contribution is 6.30. The number of aliphatic hydroxyl groups is 1. The van der Waals surface area contributed by atoms with Gasteiger partial charge in [-0.05, 0) is 37.5 Å². The molecule has 1 aromatic rings. The zero-order chi connectivity index (χ0) is 11.5. The monoisotopic (exact) mass is 239 g/mol. The molecule has 16 heavy (non-hydrogen) atoms. The van der Waals surface area contributed by atoms with E-state index in [0.717, 1.165) is 31.0 Å². The van der Waals surface area contributed by atoms with Gasteiger partial charge < -0.3 is 5.11 Å². The first-order chi connectivity index (χ1) is 7.66. The van der Waals surface area contributed by atoms with Gasteiger partial charge in [-0.25, -0.2) is 0 Å². The van der Waals surface area contributed by atoms with Gasteiger partial charge in [0.15, 0.2) is 0 Å². The van der Waals surface area contributed by atoms with E-state index in [1.54, 1.807) is 0 Å². The van der Waals surface area contributed by atoms with E-state index in [1.165, 1.54) is 5.56 Å². The van der Waals surface area contributed by atoms with Crippen LogP contribution in [-0.2, 0) is 0 Å². The summed E-state index contributed by atoms with van der Waals surface area (Å²) < 4.78 is 0. The Hall–Kier alpha value is -0.570. The second-order valence-electron chi connectivity index (χ2n) is 4.50. The number of nitrogens with zero attached hydrogens (tertiary/aromatic N) is 1. The maximum absolute atomic E-state index is 9.48. The molecule has 1 aliphatic heterocycles. The van der Waals surface area contributed by atoms with Crippen LogP contribution in [0.15, 0.2) is 24.3 Å². The highest BCUT2D eigenvalue weighted by Gasteiger charge is 2.22. The lowest BCUT2D eigenvalue weighted by molar-refractivity contribution is 0.0645. The Morgan fingerprint density at radius 2 is 2.06 bits per heavy atom. The first-order valence-corrected chi connectivity index (χ1v) is 6.22. The van der Waals surface area contributed by atoms with E-state index in [2.05, 4.69) is 17.9 Å². The summed E-state index contributed by atoms with van der Waals surface area (Å²) in [5, 5.41) is 10.3. The molecule has 1 heterocycles. The predicted octanol–water partition coefficient (Wildman–Crippen LogP) is 2.86. The minimum atomic E-state index is -0.109. The first kappa shape index (κ1) is 11.9. The van der Waals surface area contributed by atoms with Gasteiger partial charge in [0.25, 0.3) is 0 Å². The summed E-state index contributed by atoms with van der Waals surface area (Å²) in [6.07, 6.45) is 1.65. The largest absolute Gasteiger partial charge is 0.393 e. The fraction of sp³-hybridized carbons (Fsp3) is 0.538. The Balaban J connectivity index is 2.04. The molecule has 1 atom stereocenters. The summed E-state index contributed by atoms with van der Waals surface area (Å²) >= 11 is 5.99. The molecule has 0 bridgehead atoms. The molecule has 88 valence electrons. The van der Waals surface area contributed by atoms with Crippen LogP contribution in [0.1, 0.15) is 31.4 Å². The van der Waals surface area contributed by atoms with Crippen LogP contribution in [0.25, 0.3) is 0 Å². The second-order valence-corrected chi connectivity index (χ2v) is 4.93. The third kappa shape index (κ3) is 2.76. The number of likely N-dealkylation sites (tertiary alicyclic amines) is 1.